The number of rotatable bonds is 3. The normalized spacial score (nSPS) is 16.7. The predicted octanol–water partition coefficient (Wildman–Crippen LogP) is 0.0344. The number of amides is 1. The third-order valence-electron chi connectivity index (χ3n) is 3.16. The van der Waals surface area contributed by atoms with Gasteiger partial charge in [-0.2, -0.15) is 0 Å². The molecule has 0 saturated carbocycles. The van der Waals surface area contributed by atoms with Gasteiger partial charge in [0, 0.05) is 52.5 Å². The van der Waals surface area contributed by atoms with Crippen LogP contribution in [0, 0.1) is 0 Å². The maximum Gasteiger partial charge on any atom is 0.225 e. The van der Waals surface area contributed by atoms with Crippen LogP contribution >= 0.6 is 0 Å². The zero-order valence-electron chi connectivity index (χ0n) is 10.9. The first-order chi connectivity index (χ1) is 8.66. The highest BCUT2D eigenvalue weighted by Gasteiger charge is 2.19. The van der Waals surface area contributed by atoms with E-state index < -0.39 is 0 Å². The van der Waals surface area contributed by atoms with Crippen LogP contribution in [0.1, 0.15) is 6.92 Å². The van der Waals surface area contributed by atoms with Gasteiger partial charge in [0.05, 0.1) is 6.67 Å². The molecule has 2 heterocycles. The number of piperazine rings is 1. The molecule has 1 aliphatic rings. The number of anilines is 1. The van der Waals surface area contributed by atoms with E-state index in [0.717, 1.165) is 32.1 Å². The Kier molecular flexibility index (Phi) is 4.09. The topological polar surface area (TPSA) is 52.6 Å². The molecule has 1 aromatic rings. The van der Waals surface area contributed by atoms with Crippen molar-refractivity contribution in [1.82, 2.24) is 19.8 Å². The molecular weight excluding hydrogens is 230 g/mol. The third kappa shape index (κ3) is 3.16. The molecular formula is C12H19N5O. The third-order valence-corrected chi connectivity index (χ3v) is 3.16. The van der Waals surface area contributed by atoms with Crippen molar-refractivity contribution in [3.63, 3.8) is 0 Å². The van der Waals surface area contributed by atoms with Crippen molar-refractivity contribution in [2.75, 3.05) is 44.8 Å². The molecule has 0 unspecified atom stereocenters. The second-order valence-electron chi connectivity index (χ2n) is 4.51. The lowest BCUT2D eigenvalue weighted by molar-refractivity contribution is -0.129. The number of hydrogen-bond donors (Lipinski definition) is 0. The van der Waals surface area contributed by atoms with Gasteiger partial charge in [-0.15, -0.1) is 0 Å². The van der Waals surface area contributed by atoms with E-state index >= 15 is 0 Å². The summed E-state index contributed by atoms with van der Waals surface area (Å²) in [5.74, 6) is 0.890. The molecule has 2 rings (SSSR count). The Morgan fingerprint density at radius 3 is 2.44 bits per heavy atom. The van der Waals surface area contributed by atoms with E-state index in [-0.39, 0.29) is 5.91 Å². The van der Waals surface area contributed by atoms with Crippen molar-refractivity contribution in [2.24, 2.45) is 0 Å². The van der Waals surface area contributed by atoms with Crippen LogP contribution < -0.4 is 4.90 Å². The molecule has 0 spiro atoms. The predicted molar refractivity (Wildman–Crippen MR) is 69.1 cm³/mol. The van der Waals surface area contributed by atoms with Crippen molar-refractivity contribution in [1.29, 1.82) is 0 Å². The lowest BCUT2D eigenvalue weighted by atomic mass is 10.3. The van der Waals surface area contributed by atoms with Crippen molar-refractivity contribution in [2.45, 2.75) is 6.92 Å². The summed E-state index contributed by atoms with van der Waals surface area (Å²) in [6.45, 7) is 5.93. The Morgan fingerprint density at radius 1 is 1.28 bits per heavy atom. The van der Waals surface area contributed by atoms with E-state index in [1.165, 1.54) is 0 Å². The monoisotopic (exact) mass is 249 g/mol. The molecule has 98 valence electrons. The molecule has 0 radical (unpaired) electrons. The standard InChI is InChI=1S/C12H19N5O/c1-11(18)15(2)10-16-6-8-17(9-7-16)12-13-4-3-5-14-12/h3-5H,6-10H2,1-2H3. The number of carbonyl (C=O) groups excluding carboxylic acids is 1. The molecule has 6 nitrogen and oxygen atoms in total. The smallest absolute Gasteiger partial charge is 0.225 e. The molecule has 0 aliphatic carbocycles. The Balaban J connectivity index is 1.83. The van der Waals surface area contributed by atoms with Crippen LogP contribution in [0.15, 0.2) is 18.5 Å². The van der Waals surface area contributed by atoms with Crippen molar-refractivity contribution in [3.8, 4) is 0 Å². The fourth-order valence-electron chi connectivity index (χ4n) is 1.94. The first-order valence-corrected chi connectivity index (χ1v) is 6.13. The summed E-state index contributed by atoms with van der Waals surface area (Å²) in [4.78, 5) is 25.8. The molecule has 1 aliphatic heterocycles. The Hall–Kier alpha value is -1.69. The van der Waals surface area contributed by atoms with E-state index in [1.807, 2.05) is 13.1 Å². The fourth-order valence-corrected chi connectivity index (χ4v) is 1.94. The summed E-state index contributed by atoms with van der Waals surface area (Å²) in [5, 5.41) is 0. The van der Waals surface area contributed by atoms with E-state index in [0.29, 0.717) is 6.67 Å². The van der Waals surface area contributed by atoms with Gasteiger partial charge in [0.1, 0.15) is 0 Å². The molecule has 1 saturated heterocycles. The minimum atomic E-state index is 0.101. The summed E-state index contributed by atoms with van der Waals surface area (Å²) in [5.41, 5.74) is 0. The molecule has 0 aromatic carbocycles. The maximum absolute atomic E-state index is 11.2. The molecule has 18 heavy (non-hydrogen) atoms. The second kappa shape index (κ2) is 5.77. The van der Waals surface area contributed by atoms with E-state index in [2.05, 4.69) is 19.8 Å². The van der Waals surface area contributed by atoms with E-state index in [9.17, 15) is 4.79 Å². The van der Waals surface area contributed by atoms with Crippen LogP contribution in [0.25, 0.3) is 0 Å². The fraction of sp³-hybridized carbons (Fsp3) is 0.583. The first-order valence-electron chi connectivity index (χ1n) is 6.13. The Labute approximate surface area is 107 Å². The van der Waals surface area contributed by atoms with Crippen molar-refractivity contribution in [3.05, 3.63) is 18.5 Å². The van der Waals surface area contributed by atoms with E-state index in [1.54, 1.807) is 24.2 Å². The van der Waals surface area contributed by atoms with Gasteiger partial charge in [0.15, 0.2) is 0 Å². The molecule has 0 N–H and O–H groups in total. The van der Waals surface area contributed by atoms with Crippen LogP contribution in [0.3, 0.4) is 0 Å². The highest BCUT2D eigenvalue weighted by Crippen LogP contribution is 2.09. The summed E-state index contributed by atoms with van der Waals surface area (Å²) in [7, 11) is 1.83. The van der Waals surface area contributed by atoms with Crippen LogP contribution in [-0.4, -0.2) is 65.6 Å². The minimum Gasteiger partial charge on any atom is -0.338 e. The zero-order valence-corrected chi connectivity index (χ0v) is 10.9. The second-order valence-corrected chi connectivity index (χ2v) is 4.51. The SMILES string of the molecule is CC(=O)N(C)CN1CCN(c2ncccn2)CC1. The quantitative estimate of drug-likeness (QED) is 0.757. The summed E-state index contributed by atoms with van der Waals surface area (Å²) in [6, 6.07) is 1.82. The summed E-state index contributed by atoms with van der Waals surface area (Å²) < 4.78 is 0. The molecule has 0 bridgehead atoms. The Bertz CT molecular complexity index is 389. The van der Waals surface area contributed by atoms with Gasteiger partial charge in [-0.1, -0.05) is 0 Å². The van der Waals surface area contributed by atoms with Crippen molar-refractivity contribution >= 4 is 11.9 Å². The summed E-state index contributed by atoms with van der Waals surface area (Å²) in [6.07, 6.45) is 3.52. The lowest BCUT2D eigenvalue weighted by Crippen LogP contribution is -2.50. The number of carbonyl (C=O) groups is 1. The molecule has 1 fully saturated rings. The first kappa shape index (κ1) is 12.8. The van der Waals surface area contributed by atoms with Crippen molar-refractivity contribution < 1.29 is 4.79 Å². The van der Waals surface area contributed by atoms with Gasteiger partial charge in [-0.25, -0.2) is 9.97 Å². The largest absolute Gasteiger partial charge is 0.338 e. The van der Waals surface area contributed by atoms with Crippen LogP contribution in [-0.2, 0) is 4.79 Å². The summed E-state index contributed by atoms with van der Waals surface area (Å²) >= 11 is 0. The van der Waals surface area contributed by atoms with Gasteiger partial charge in [0.2, 0.25) is 11.9 Å². The van der Waals surface area contributed by atoms with Crippen LogP contribution in [0.2, 0.25) is 0 Å². The highest BCUT2D eigenvalue weighted by atomic mass is 16.2. The van der Waals surface area contributed by atoms with Crippen LogP contribution in [0.5, 0.6) is 0 Å². The van der Waals surface area contributed by atoms with Gasteiger partial charge in [-0.3, -0.25) is 9.69 Å². The van der Waals surface area contributed by atoms with Gasteiger partial charge in [0.25, 0.3) is 0 Å². The zero-order chi connectivity index (χ0) is 13.0. The average molecular weight is 249 g/mol. The highest BCUT2D eigenvalue weighted by molar-refractivity contribution is 5.72. The van der Waals surface area contributed by atoms with Gasteiger partial charge in [-0.05, 0) is 6.07 Å². The number of hydrogen-bond acceptors (Lipinski definition) is 5. The maximum atomic E-state index is 11.2. The Morgan fingerprint density at radius 2 is 1.89 bits per heavy atom. The average Bonchev–Trinajstić information content (AvgIpc) is 2.40. The molecule has 1 aromatic heterocycles. The van der Waals surface area contributed by atoms with E-state index in [4.69, 9.17) is 0 Å². The van der Waals surface area contributed by atoms with Crippen LogP contribution in [0.4, 0.5) is 5.95 Å². The lowest BCUT2D eigenvalue weighted by Gasteiger charge is -2.36. The minimum absolute atomic E-state index is 0.101. The number of nitrogens with zero attached hydrogens (tertiary/aromatic N) is 5. The van der Waals surface area contributed by atoms with Gasteiger partial charge >= 0.3 is 0 Å². The number of aromatic nitrogens is 2. The van der Waals surface area contributed by atoms with Gasteiger partial charge < -0.3 is 9.80 Å². The molecule has 1 amide bonds. The molecule has 0 atom stereocenters. The molecule has 6 heteroatoms.